The molecule has 0 unspecified atom stereocenters. The van der Waals surface area contributed by atoms with Crippen molar-refractivity contribution in [3.8, 4) is 5.75 Å². The molecule has 2 heterocycles. The summed E-state index contributed by atoms with van der Waals surface area (Å²) in [5, 5.41) is 15.8. The number of aliphatic hydroxyl groups is 1. The average molecular weight is 420 g/mol. The third-order valence-corrected chi connectivity index (χ3v) is 6.45. The van der Waals surface area contributed by atoms with E-state index in [4.69, 9.17) is 4.74 Å². The van der Waals surface area contributed by atoms with Crippen molar-refractivity contribution in [3.63, 3.8) is 0 Å². The zero-order chi connectivity index (χ0) is 22.0. The number of rotatable bonds is 6. The lowest BCUT2D eigenvalue weighted by Gasteiger charge is -2.38. The fourth-order valence-electron chi connectivity index (χ4n) is 4.54. The lowest BCUT2D eigenvalue weighted by Crippen LogP contribution is -2.42. The Labute approximate surface area is 185 Å². The predicted molar refractivity (Wildman–Crippen MR) is 123 cm³/mol. The Balaban J connectivity index is 1.44. The molecular weight excluding hydrogens is 386 g/mol. The van der Waals surface area contributed by atoms with Crippen molar-refractivity contribution < 1.29 is 9.84 Å². The summed E-state index contributed by atoms with van der Waals surface area (Å²) in [6, 6.07) is 16.8. The van der Waals surface area contributed by atoms with E-state index >= 15 is 0 Å². The molecule has 1 aromatic heterocycles. The number of aryl methyl sites for hydroxylation is 3. The third kappa shape index (κ3) is 4.83. The molecule has 0 aliphatic carbocycles. The number of ether oxygens (including phenoxy) is 1. The fraction of sp³-hybridized carbons (Fsp3) is 0.423. The largest absolute Gasteiger partial charge is 0.496 e. The molecule has 0 saturated carbocycles. The van der Waals surface area contributed by atoms with Crippen LogP contribution in [-0.4, -0.2) is 40.0 Å². The molecule has 1 aliphatic heterocycles. The SMILES string of the molecule is COc1ccc(CN2CCC(O)(c3ccc(C)cc3)CC2)cc1Cn1nc(C)cc1C. The van der Waals surface area contributed by atoms with Crippen LogP contribution in [0.2, 0.25) is 0 Å². The van der Waals surface area contributed by atoms with Gasteiger partial charge in [-0.3, -0.25) is 9.58 Å². The first-order valence-electron chi connectivity index (χ1n) is 11.0. The molecule has 5 heteroatoms. The zero-order valence-corrected chi connectivity index (χ0v) is 19.1. The standard InChI is InChI=1S/C26H33N3O2/c1-19-5-8-24(9-6-19)26(30)11-13-28(14-12-26)17-22-7-10-25(31-4)23(16-22)18-29-21(3)15-20(2)27-29/h5-10,15-16,30H,11-14,17-18H2,1-4H3. The molecule has 0 amide bonds. The van der Waals surface area contributed by atoms with Crippen LogP contribution >= 0.6 is 0 Å². The summed E-state index contributed by atoms with van der Waals surface area (Å²) in [5.74, 6) is 0.892. The van der Waals surface area contributed by atoms with Crippen LogP contribution < -0.4 is 4.74 Å². The Bertz CT molecular complexity index is 1030. The average Bonchev–Trinajstić information content (AvgIpc) is 3.07. The highest BCUT2D eigenvalue weighted by molar-refractivity contribution is 5.38. The summed E-state index contributed by atoms with van der Waals surface area (Å²) in [6.45, 7) is 9.51. The molecule has 0 radical (unpaired) electrons. The number of hydrogen-bond acceptors (Lipinski definition) is 4. The number of benzene rings is 2. The Morgan fingerprint density at radius 1 is 0.968 bits per heavy atom. The highest BCUT2D eigenvalue weighted by atomic mass is 16.5. The smallest absolute Gasteiger partial charge is 0.123 e. The van der Waals surface area contributed by atoms with Crippen LogP contribution in [0.4, 0.5) is 0 Å². The number of aromatic nitrogens is 2. The van der Waals surface area contributed by atoms with Crippen LogP contribution in [0.3, 0.4) is 0 Å². The molecule has 31 heavy (non-hydrogen) atoms. The number of hydrogen-bond donors (Lipinski definition) is 1. The maximum atomic E-state index is 11.2. The van der Waals surface area contributed by atoms with Crippen LogP contribution in [0.5, 0.6) is 5.75 Å². The normalized spacial score (nSPS) is 16.4. The first kappa shape index (κ1) is 21.6. The summed E-state index contributed by atoms with van der Waals surface area (Å²) >= 11 is 0. The van der Waals surface area contributed by atoms with Gasteiger partial charge in [0, 0.05) is 30.9 Å². The predicted octanol–water partition coefficient (Wildman–Crippen LogP) is 4.35. The van der Waals surface area contributed by atoms with Crippen LogP contribution in [0, 0.1) is 20.8 Å². The Kier molecular flexibility index (Phi) is 6.17. The van der Waals surface area contributed by atoms with Crippen molar-refractivity contribution in [2.45, 2.75) is 52.3 Å². The van der Waals surface area contributed by atoms with Crippen molar-refractivity contribution in [1.29, 1.82) is 0 Å². The Hall–Kier alpha value is -2.63. The van der Waals surface area contributed by atoms with E-state index in [-0.39, 0.29) is 0 Å². The van der Waals surface area contributed by atoms with E-state index in [1.165, 1.54) is 11.1 Å². The van der Waals surface area contributed by atoms with Gasteiger partial charge in [0.2, 0.25) is 0 Å². The first-order valence-corrected chi connectivity index (χ1v) is 11.0. The van der Waals surface area contributed by atoms with E-state index in [1.54, 1.807) is 7.11 Å². The molecule has 164 valence electrons. The summed E-state index contributed by atoms with van der Waals surface area (Å²) in [7, 11) is 1.72. The Morgan fingerprint density at radius 3 is 2.29 bits per heavy atom. The zero-order valence-electron chi connectivity index (χ0n) is 19.1. The number of methoxy groups -OCH3 is 1. The van der Waals surface area contributed by atoms with Crippen LogP contribution in [0.25, 0.3) is 0 Å². The molecule has 3 aromatic rings. The lowest BCUT2D eigenvalue weighted by atomic mass is 9.84. The van der Waals surface area contributed by atoms with Crippen molar-refractivity contribution in [1.82, 2.24) is 14.7 Å². The van der Waals surface area contributed by atoms with Gasteiger partial charge in [0.25, 0.3) is 0 Å². The number of likely N-dealkylation sites (tertiary alicyclic amines) is 1. The monoisotopic (exact) mass is 419 g/mol. The molecule has 1 aliphatic rings. The molecule has 4 rings (SSSR count). The summed E-state index contributed by atoms with van der Waals surface area (Å²) in [5.41, 5.74) is 6.12. The van der Waals surface area contributed by atoms with Gasteiger partial charge < -0.3 is 9.84 Å². The van der Waals surface area contributed by atoms with Crippen molar-refractivity contribution >= 4 is 0 Å². The fourth-order valence-corrected chi connectivity index (χ4v) is 4.54. The van der Waals surface area contributed by atoms with Crippen molar-refractivity contribution in [3.05, 3.63) is 82.2 Å². The highest BCUT2D eigenvalue weighted by Crippen LogP contribution is 2.33. The maximum absolute atomic E-state index is 11.2. The van der Waals surface area contributed by atoms with Crippen molar-refractivity contribution in [2.75, 3.05) is 20.2 Å². The second kappa shape index (κ2) is 8.85. The topological polar surface area (TPSA) is 50.5 Å². The lowest BCUT2D eigenvalue weighted by molar-refractivity contribution is -0.0277. The number of piperidine rings is 1. The molecule has 1 N–H and O–H groups in total. The minimum atomic E-state index is -0.718. The molecule has 0 bridgehead atoms. The second-order valence-electron chi connectivity index (χ2n) is 8.90. The maximum Gasteiger partial charge on any atom is 0.123 e. The number of nitrogens with zero attached hydrogens (tertiary/aromatic N) is 3. The molecule has 5 nitrogen and oxygen atoms in total. The molecule has 1 saturated heterocycles. The van der Waals surface area contributed by atoms with E-state index in [0.29, 0.717) is 6.54 Å². The van der Waals surface area contributed by atoms with Gasteiger partial charge in [-0.15, -0.1) is 0 Å². The van der Waals surface area contributed by atoms with Gasteiger partial charge in [-0.25, -0.2) is 0 Å². The molecular formula is C26H33N3O2. The minimum Gasteiger partial charge on any atom is -0.496 e. The summed E-state index contributed by atoms with van der Waals surface area (Å²) < 4.78 is 7.63. The van der Waals surface area contributed by atoms with Crippen LogP contribution in [-0.2, 0) is 18.7 Å². The van der Waals surface area contributed by atoms with Gasteiger partial charge in [0.05, 0.1) is 24.9 Å². The van der Waals surface area contributed by atoms with Gasteiger partial charge in [0.1, 0.15) is 5.75 Å². The van der Waals surface area contributed by atoms with E-state index in [0.717, 1.165) is 60.7 Å². The van der Waals surface area contributed by atoms with Gasteiger partial charge in [-0.1, -0.05) is 35.9 Å². The molecule has 0 spiro atoms. The summed E-state index contributed by atoms with van der Waals surface area (Å²) in [6.07, 6.45) is 1.51. The second-order valence-corrected chi connectivity index (χ2v) is 8.90. The minimum absolute atomic E-state index is 0.698. The molecule has 2 aromatic carbocycles. The van der Waals surface area contributed by atoms with Gasteiger partial charge >= 0.3 is 0 Å². The van der Waals surface area contributed by atoms with Gasteiger partial charge in [0.15, 0.2) is 0 Å². The van der Waals surface area contributed by atoms with E-state index in [1.807, 2.05) is 11.6 Å². The molecule has 0 atom stereocenters. The van der Waals surface area contributed by atoms with Crippen LogP contribution in [0.1, 0.15) is 46.5 Å². The molecule has 1 fully saturated rings. The van der Waals surface area contributed by atoms with E-state index in [2.05, 4.69) is 72.4 Å². The van der Waals surface area contributed by atoms with Crippen molar-refractivity contribution in [2.24, 2.45) is 0 Å². The van der Waals surface area contributed by atoms with E-state index in [9.17, 15) is 5.11 Å². The summed E-state index contributed by atoms with van der Waals surface area (Å²) in [4.78, 5) is 2.43. The Morgan fingerprint density at radius 2 is 1.68 bits per heavy atom. The van der Waals surface area contributed by atoms with Crippen LogP contribution in [0.15, 0.2) is 48.5 Å². The highest BCUT2D eigenvalue weighted by Gasteiger charge is 2.33. The van der Waals surface area contributed by atoms with Gasteiger partial charge in [-0.05, 0) is 62.9 Å². The van der Waals surface area contributed by atoms with E-state index < -0.39 is 5.60 Å². The quantitative estimate of drug-likeness (QED) is 0.645. The first-order chi connectivity index (χ1) is 14.9. The van der Waals surface area contributed by atoms with Gasteiger partial charge in [-0.2, -0.15) is 5.10 Å². The third-order valence-electron chi connectivity index (χ3n) is 6.45.